The van der Waals surface area contributed by atoms with Gasteiger partial charge in [-0.3, -0.25) is 0 Å². The summed E-state index contributed by atoms with van der Waals surface area (Å²) in [5, 5.41) is 0.371. The highest BCUT2D eigenvalue weighted by Gasteiger charge is 2.31. The maximum Gasteiger partial charge on any atom is 0.240 e. The molecule has 2 atom stereocenters. The van der Waals surface area contributed by atoms with E-state index < -0.39 is 10.0 Å². The fourth-order valence-corrected chi connectivity index (χ4v) is 6.57. The summed E-state index contributed by atoms with van der Waals surface area (Å²) < 4.78 is 27.3. The van der Waals surface area contributed by atoms with E-state index >= 15 is 0 Å². The Labute approximate surface area is 117 Å². The van der Waals surface area contributed by atoms with E-state index in [-0.39, 0.29) is 6.04 Å². The molecule has 0 unspecified atom stereocenters. The number of aryl methyl sites for hydroxylation is 1. The smallest absolute Gasteiger partial charge is 0.207 e. The van der Waals surface area contributed by atoms with Crippen molar-refractivity contribution in [3.63, 3.8) is 0 Å². The highest BCUT2D eigenvalue weighted by Crippen LogP contribution is 2.39. The molecule has 3 nitrogen and oxygen atoms in total. The van der Waals surface area contributed by atoms with Crippen molar-refractivity contribution in [1.82, 2.24) is 4.72 Å². The van der Waals surface area contributed by atoms with Crippen LogP contribution in [0.2, 0.25) is 0 Å². The molecule has 0 bridgehead atoms. The van der Waals surface area contributed by atoms with E-state index in [0.717, 1.165) is 17.7 Å². The van der Waals surface area contributed by atoms with Gasteiger partial charge in [0.15, 0.2) is 0 Å². The molecule has 6 heteroatoms. The molecule has 0 aromatic heterocycles. The Balaban J connectivity index is 2.14. The van der Waals surface area contributed by atoms with E-state index in [1.807, 2.05) is 19.1 Å². The first-order chi connectivity index (χ1) is 8.53. The Bertz CT molecular complexity index is 499. The van der Waals surface area contributed by atoms with Crippen LogP contribution in [0.15, 0.2) is 29.2 Å². The summed E-state index contributed by atoms with van der Waals surface area (Å²) in [6, 6.07) is 7.01. The molecule has 100 valence electrons. The van der Waals surface area contributed by atoms with E-state index in [2.05, 4.69) is 11.6 Å². The molecule has 0 aliphatic carbocycles. The van der Waals surface area contributed by atoms with Crippen LogP contribution in [0, 0.1) is 6.92 Å². The largest absolute Gasteiger partial charge is 0.240 e. The summed E-state index contributed by atoms with van der Waals surface area (Å²) in [5.41, 5.74) is 1.06. The molecule has 0 amide bonds. The minimum atomic E-state index is -3.38. The van der Waals surface area contributed by atoms with Gasteiger partial charge in [-0.15, -0.1) is 0 Å². The van der Waals surface area contributed by atoms with Crippen molar-refractivity contribution in [2.45, 2.75) is 36.5 Å². The molecule has 1 aromatic rings. The Kier molecular flexibility index (Phi) is 4.64. The molecule has 0 saturated carbocycles. The second-order valence-corrected chi connectivity index (χ2v) is 8.73. The lowest BCUT2D eigenvalue weighted by molar-refractivity contribution is 0.554. The summed E-state index contributed by atoms with van der Waals surface area (Å²) in [4.78, 5) is 0.352. The highest BCUT2D eigenvalue weighted by atomic mass is 33.1. The first-order valence-electron chi connectivity index (χ1n) is 5.90. The van der Waals surface area contributed by atoms with Gasteiger partial charge in [-0.2, -0.15) is 0 Å². The molecule has 1 aliphatic heterocycles. The summed E-state index contributed by atoms with van der Waals surface area (Å²) in [6.07, 6.45) is 0.985. The fourth-order valence-electron chi connectivity index (χ4n) is 1.82. The Hall–Kier alpha value is -0.170. The summed E-state index contributed by atoms with van der Waals surface area (Å²) >= 11 is 0. The number of benzene rings is 1. The lowest BCUT2D eigenvalue weighted by Gasteiger charge is -2.17. The van der Waals surface area contributed by atoms with Crippen LogP contribution in [-0.4, -0.2) is 25.5 Å². The molecule has 1 heterocycles. The van der Waals surface area contributed by atoms with Crippen molar-refractivity contribution in [3.05, 3.63) is 29.8 Å². The topological polar surface area (TPSA) is 46.2 Å². The van der Waals surface area contributed by atoms with E-state index in [9.17, 15) is 8.42 Å². The van der Waals surface area contributed by atoms with Crippen molar-refractivity contribution in [1.29, 1.82) is 0 Å². The van der Waals surface area contributed by atoms with Crippen LogP contribution in [0.3, 0.4) is 0 Å². The zero-order valence-corrected chi connectivity index (χ0v) is 12.9. The molecule has 0 radical (unpaired) electrons. The minimum absolute atomic E-state index is 0.0382. The summed E-state index contributed by atoms with van der Waals surface area (Å²) in [7, 11) is 0.141. The van der Waals surface area contributed by atoms with Gasteiger partial charge in [0.25, 0.3) is 0 Å². The maximum atomic E-state index is 12.2. The maximum absolute atomic E-state index is 12.2. The van der Waals surface area contributed by atoms with Gasteiger partial charge >= 0.3 is 0 Å². The van der Waals surface area contributed by atoms with E-state index in [1.54, 1.807) is 33.7 Å². The summed E-state index contributed by atoms with van der Waals surface area (Å²) in [5.74, 6) is 0.842. The molecule has 1 fully saturated rings. The van der Waals surface area contributed by atoms with Crippen LogP contribution in [0.5, 0.6) is 0 Å². The summed E-state index contributed by atoms with van der Waals surface area (Å²) in [6.45, 7) is 4.04. The second kappa shape index (κ2) is 5.86. The molecule has 1 N–H and O–H groups in total. The quantitative estimate of drug-likeness (QED) is 0.869. The lowest BCUT2D eigenvalue weighted by atomic mass is 10.2. The van der Waals surface area contributed by atoms with Crippen molar-refractivity contribution in [3.8, 4) is 0 Å². The number of nitrogens with one attached hydrogen (secondary N) is 1. The monoisotopic (exact) mass is 303 g/mol. The molecule has 0 spiro atoms. The Morgan fingerprint density at radius 2 is 2.00 bits per heavy atom. The normalized spacial score (nSPS) is 24.3. The molecule has 18 heavy (non-hydrogen) atoms. The third kappa shape index (κ3) is 3.23. The predicted molar refractivity (Wildman–Crippen MR) is 79.4 cm³/mol. The van der Waals surface area contributed by atoms with E-state index in [1.165, 1.54) is 0 Å². The highest BCUT2D eigenvalue weighted by molar-refractivity contribution is 8.77. The van der Waals surface area contributed by atoms with Crippen LogP contribution in [-0.2, 0) is 10.0 Å². The zero-order chi connectivity index (χ0) is 13.2. The molecule has 1 saturated heterocycles. The van der Waals surface area contributed by atoms with Gasteiger partial charge in [0.1, 0.15) is 0 Å². The first-order valence-corrected chi connectivity index (χ1v) is 9.76. The third-order valence-electron chi connectivity index (χ3n) is 2.93. The van der Waals surface area contributed by atoms with Crippen LogP contribution < -0.4 is 4.72 Å². The average molecular weight is 303 g/mol. The lowest BCUT2D eigenvalue weighted by Crippen LogP contribution is -2.40. The van der Waals surface area contributed by atoms with Gasteiger partial charge in [0.2, 0.25) is 10.0 Å². The van der Waals surface area contributed by atoms with Gasteiger partial charge in [0, 0.05) is 17.0 Å². The fraction of sp³-hybridized carbons (Fsp3) is 0.500. The standard InChI is InChI=1S/C12H17NO2S3/c1-3-12-11(8-16-17-12)13-18(14,15)10-6-4-9(2)5-7-10/h4-7,11-13H,3,8H2,1-2H3/t11-,12-/m1/s1. The first kappa shape index (κ1) is 14.2. The van der Waals surface area contributed by atoms with Crippen LogP contribution in [0.1, 0.15) is 18.9 Å². The van der Waals surface area contributed by atoms with Crippen LogP contribution in [0.4, 0.5) is 0 Å². The second-order valence-electron chi connectivity index (χ2n) is 4.37. The molecule has 1 aliphatic rings. The van der Waals surface area contributed by atoms with Crippen LogP contribution >= 0.6 is 21.6 Å². The van der Waals surface area contributed by atoms with Gasteiger partial charge in [-0.05, 0) is 25.5 Å². The zero-order valence-electron chi connectivity index (χ0n) is 10.4. The third-order valence-corrected chi connectivity index (χ3v) is 7.53. The number of rotatable bonds is 4. The number of hydrogen-bond acceptors (Lipinski definition) is 4. The molecule has 1 aromatic carbocycles. The van der Waals surface area contributed by atoms with Crippen molar-refractivity contribution in [2.75, 3.05) is 5.75 Å². The Morgan fingerprint density at radius 3 is 2.61 bits per heavy atom. The average Bonchev–Trinajstić information content (AvgIpc) is 2.76. The molecular weight excluding hydrogens is 286 g/mol. The van der Waals surface area contributed by atoms with Gasteiger partial charge in [0.05, 0.1) is 4.90 Å². The minimum Gasteiger partial charge on any atom is -0.207 e. The van der Waals surface area contributed by atoms with Gasteiger partial charge in [-0.25, -0.2) is 13.1 Å². The van der Waals surface area contributed by atoms with Crippen molar-refractivity contribution in [2.24, 2.45) is 0 Å². The van der Waals surface area contributed by atoms with Crippen molar-refractivity contribution < 1.29 is 8.42 Å². The van der Waals surface area contributed by atoms with Gasteiger partial charge < -0.3 is 0 Å². The predicted octanol–water partition coefficient (Wildman–Crippen LogP) is 2.82. The van der Waals surface area contributed by atoms with E-state index in [4.69, 9.17) is 0 Å². The SMILES string of the molecule is CC[C@H]1SSC[C@H]1NS(=O)(=O)c1ccc(C)cc1. The number of hydrogen-bond donors (Lipinski definition) is 1. The Morgan fingerprint density at radius 1 is 1.33 bits per heavy atom. The molecular formula is C12H17NO2S3. The van der Waals surface area contributed by atoms with Crippen LogP contribution in [0.25, 0.3) is 0 Å². The van der Waals surface area contributed by atoms with E-state index in [0.29, 0.717) is 10.1 Å². The number of sulfonamides is 1. The van der Waals surface area contributed by atoms with Gasteiger partial charge in [-0.1, -0.05) is 46.2 Å². The van der Waals surface area contributed by atoms with Crippen molar-refractivity contribution >= 4 is 31.6 Å². The molecule has 2 rings (SSSR count).